The zero-order valence-corrected chi connectivity index (χ0v) is 15.6. The highest BCUT2D eigenvalue weighted by molar-refractivity contribution is 9.10. The first-order chi connectivity index (χ1) is 11.3. The quantitative estimate of drug-likeness (QED) is 0.827. The molecule has 1 N–H and O–H groups in total. The lowest BCUT2D eigenvalue weighted by Gasteiger charge is -2.34. The molecule has 0 spiro atoms. The molecule has 0 bridgehead atoms. The van der Waals surface area contributed by atoms with Crippen LogP contribution in [0.5, 0.6) is 0 Å². The van der Waals surface area contributed by atoms with Gasteiger partial charge in [-0.15, -0.1) is 0 Å². The van der Waals surface area contributed by atoms with Crippen LogP contribution in [0.2, 0.25) is 0 Å². The van der Waals surface area contributed by atoms with Crippen LogP contribution in [0.15, 0.2) is 22.9 Å². The summed E-state index contributed by atoms with van der Waals surface area (Å²) in [6.45, 7) is 1.88. The average molecular weight is 417 g/mol. The van der Waals surface area contributed by atoms with Crippen LogP contribution in [-0.4, -0.2) is 44.3 Å². The summed E-state index contributed by atoms with van der Waals surface area (Å²) in [6, 6.07) is 3.08. The molecule has 24 heavy (non-hydrogen) atoms. The molecule has 1 aliphatic rings. The number of hydrogen-bond acceptors (Lipinski definition) is 5. The molecule has 6 nitrogen and oxygen atoms in total. The molecule has 0 aliphatic carbocycles. The highest BCUT2D eigenvalue weighted by Gasteiger charge is 2.23. The zero-order chi connectivity index (χ0) is 17.3. The second kappa shape index (κ2) is 6.89. The number of benzene rings is 1. The standard InChI is InChI=1S/C15H18BrFN4O2S/c1-24(22,23)20-7-10-3-2-4-21(8-10)15-11-5-13(17)12(16)6-14(11)18-9-19-15/h5-6,9-10,20H,2-4,7-8H2,1H3. The van der Waals surface area contributed by atoms with Crippen molar-refractivity contribution in [3.05, 3.63) is 28.7 Å². The normalized spacial score (nSPS) is 19.0. The van der Waals surface area contributed by atoms with Crippen LogP contribution in [0, 0.1) is 11.7 Å². The van der Waals surface area contributed by atoms with Crippen molar-refractivity contribution in [1.29, 1.82) is 0 Å². The molecule has 3 rings (SSSR count). The largest absolute Gasteiger partial charge is 0.356 e. The van der Waals surface area contributed by atoms with Crippen LogP contribution >= 0.6 is 15.9 Å². The molecule has 2 aromatic rings. The smallest absolute Gasteiger partial charge is 0.208 e. The fourth-order valence-electron chi connectivity index (χ4n) is 2.98. The minimum Gasteiger partial charge on any atom is -0.356 e. The number of sulfonamides is 1. The number of nitrogens with one attached hydrogen (secondary N) is 1. The molecule has 0 radical (unpaired) electrons. The Labute approximate surface area is 148 Å². The maximum absolute atomic E-state index is 13.9. The van der Waals surface area contributed by atoms with Crippen LogP contribution < -0.4 is 9.62 Å². The Morgan fingerprint density at radius 3 is 2.96 bits per heavy atom. The van der Waals surface area contributed by atoms with Crippen molar-refractivity contribution in [1.82, 2.24) is 14.7 Å². The summed E-state index contributed by atoms with van der Waals surface area (Å²) >= 11 is 3.17. The predicted molar refractivity (Wildman–Crippen MR) is 95.0 cm³/mol. The molecule has 1 saturated heterocycles. The Kier molecular flexibility index (Phi) is 5.03. The Bertz CT molecular complexity index is 862. The SMILES string of the molecule is CS(=O)(=O)NCC1CCCN(c2ncnc3cc(Br)c(F)cc23)C1. The van der Waals surface area contributed by atoms with Gasteiger partial charge in [-0.25, -0.2) is 27.5 Å². The Morgan fingerprint density at radius 2 is 2.21 bits per heavy atom. The van der Waals surface area contributed by atoms with Gasteiger partial charge in [0.2, 0.25) is 10.0 Å². The first-order valence-electron chi connectivity index (χ1n) is 7.63. The second-order valence-corrected chi connectivity index (χ2v) is 8.74. The molecule has 1 aromatic carbocycles. The van der Waals surface area contributed by atoms with E-state index in [4.69, 9.17) is 0 Å². The summed E-state index contributed by atoms with van der Waals surface area (Å²) in [5.74, 6) is 0.528. The molecule has 1 aromatic heterocycles. The summed E-state index contributed by atoms with van der Waals surface area (Å²) in [7, 11) is -3.20. The molecule has 2 heterocycles. The third kappa shape index (κ3) is 4.01. The van der Waals surface area contributed by atoms with Crippen LogP contribution in [0.4, 0.5) is 10.2 Å². The maximum atomic E-state index is 13.9. The topological polar surface area (TPSA) is 75.2 Å². The monoisotopic (exact) mass is 416 g/mol. The molecule has 0 amide bonds. The fourth-order valence-corrected chi connectivity index (χ4v) is 3.85. The van der Waals surface area contributed by atoms with Gasteiger partial charge in [0.05, 0.1) is 16.2 Å². The molecule has 1 aliphatic heterocycles. The van der Waals surface area contributed by atoms with E-state index >= 15 is 0 Å². The van der Waals surface area contributed by atoms with E-state index in [1.807, 2.05) is 0 Å². The Balaban J connectivity index is 1.86. The van der Waals surface area contributed by atoms with Crippen LogP contribution in [0.1, 0.15) is 12.8 Å². The lowest BCUT2D eigenvalue weighted by atomic mass is 9.98. The van der Waals surface area contributed by atoms with Crippen LogP contribution in [0.3, 0.4) is 0 Å². The maximum Gasteiger partial charge on any atom is 0.208 e. The van der Waals surface area contributed by atoms with Gasteiger partial charge < -0.3 is 4.90 Å². The number of piperidine rings is 1. The molecule has 1 unspecified atom stereocenters. The second-order valence-electron chi connectivity index (χ2n) is 6.06. The first kappa shape index (κ1) is 17.5. The van der Waals surface area contributed by atoms with E-state index in [0.717, 1.165) is 25.6 Å². The van der Waals surface area contributed by atoms with E-state index in [9.17, 15) is 12.8 Å². The number of hydrogen-bond donors (Lipinski definition) is 1. The van der Waals surface area contributed by atoms with Crippen molar-refractivity contribution in [2.24, 2.45) is 5.92 Å². The third-order valence-electron chi connectivity index (χ3n) is 4.11. The number of nitrogens with zero attached hydrogens (tertiary/aromatic N) is 3. The number of aromatic nitrogens is 2. The molecule has 0 saturated carbocycles. The first-order valence-corrected chi connectivity index (χ1v) is 10.3. The van der Waals surface area contributed by atoms with Gasteiger partial charge >= 0.3 is 0 Å². The highest BCUT2D eigenvalue weighted by atomic mass is 79.9. The molecule has 1 fully saturated rings. The van der Waals surface area contributed by atoms with E-state index < -0.39 is 10.0 Å². The van der Waals surface area contributed by atoms with Crippen molar-refractivity contribution in [3.63, 3.8) is 0 Å². The van der Waals surface area contributed by atoms with Crippen LogP contribution in [-0.2, 0) is 10.0 Å². The summed E-state index contributed by atoms with van der Waals surface area (Å²) < 4.78 is 39.4. The molecular formula is C15H18BrFN4O2S. The summed E-state index contributed by atoms with van der Waals surface area (Å²) in [6.07, 6.45) is 4.51. The third-order valence-corrected chi connectivity index (χ3v) is 5.41. The van der Waals surface area contributed by atoms with E-state index in [2.05, 4.69) is 35.5 Å². The van der Waals surface area contributed by atoms with E-state index in [1.165, 1.54) is 12.4 Å². The summed E-state index contributed by atoms with van der Waals surface area (Å²) in [5.41, 5.74) is 0.671. The number of fused-ring (bicyclic) bond motifs is 1. The Morgan fingerprint density at radius 1 is 1.42 bits per heavy atom. The van der Waals surface area contributed by atoms with Gasteiger partial charge in [0, 0.05) is 25.0 Å². The van der Waals surface area contributed by atoms with Crippen molar-refractivity contribution in [3.8, 4) is 0 Å². The van der Waals surface area contributed by atoms with Crippen molar-refractivity contribution in [2.75, 3.05) is 30.8 Å². The van der Waals surface area contributed by atoms with Gasteiger partial charge in [-0.1, -0.05) is 0 Å². The van der Waals surface area contributed by atoms with Crippen LogP contribution in [0.25, 0.3) is 10.9 Å². The molecule has 1 atom stereocenters. The van der Waals surface area contributed by atoms with Crippen molar-refractivity contribution in [2.45, 2.75) is 12.8 Å². The van der Waals surface area contributed by atoms with Gasteiger partial charge in [0.15, 0.2) is 0 Å². The average Bonchev–Trinajstić information content (AvgIpc) is 2.53. The Hall–Kier alpha value is -1.32. The number of halogens is 2. The summed E-state index contributed by atoms with van der Waals surface area (Å²) in [5, 5.41) is 0.662. The molecular weight excluding hydrogens is 399 g/mol. The van der Waals surface area contributed by atoms with Crippen molar-refractivity contribution < 1.29 is 12.8 Å². The lowest BCUT2D eigenvalue weighted by Crippen LogP contribution is -2.41. The predicted octanol–water partition coefficient (Wildman–Crippen LogP) is 2.30. The van der Waals surface area contributed by atoms with Gasteiger partial charge in [0.1, 0.15) is 18.0 Å². The number of anilines is 1. The van der Waals surface area contributed by atoms with Gasteiger partial charge in [-0.2, -0.15) is 0 Å². The number of rotatable bonds is 4. The summed E-state index contributed by atoms with van der Waals surface area (Å²) in [4.78, 5) is 10.6. The lowest BCUT2D eigenvalue weighted by molar-refractivity contribution is 0.410. The van der Waals surface area contributed by atoms with E-state index in [1.54, 1.807) is 6.07 Å². The van der Waals surface area contributed by atoms with Crippen molar-refractivity contribution >= 4 is 42.7 Å². The molecule has 130 valence electrons. The highest BCUT2D eigenvalue weighted by Crippen LogP contribution is 2.30. The van der Waals surface area contributed by atoms with E-state index in [-0.39, 0.29) is 11.7 Å². The molecule has 9 heteroatoms. The zero-order valence-electron chi connectivity index (χ0n) is 13.2. The van der Waals surface area contributed by atoms with Gasteiger partial charge in [-0.3, -0.25) is 0 Å². The fraction of sp³-hybridized carbons (Fsp3) is 0.467. The van der Waals surface area contributed by atoms with Gasteiger partial charge in [0.25, 0.3) is 0 Å². The minimum absolute atomic E-state index is 0.193. The van der Waals surface area contributed by atoms with E-state index in [0.29, 0.717) is 34.3 Å². The minimum atomic E-state index is -3.20. The van der Waals surface area contributed by atoms with Gasteiger partial charge in [-0.05, 0) is 46.8 Å².